The number of hydrogen-bond donors (Lipinski definition) is 2. The molecule has 0 saturated heterocycles. The first kappa shape index (κ1) is 13.9. The Morgan fingerprint density at radius 3 is 2.50 bits per heavy atom. The maximum Gasteiger partial charge on any atom is 0.272 e. The average molecular weight is 271 g/mol. The van der Waals surface area contributed by atoms with Gasteiger partial charge in [-0.2, -0.15) is 0 Å². The second-order valence-electron chi connectivity index (χ2n) is 4.68. The topological polar surface area (TPSA) is 81.2 Å². The zero-order valence-corrected chi connectivity index (χ0v) is 11.3. The molecule has 0 unspecified atom stereocenters. The lowest BCUT2D eigenvalue weighted by Gasteiger charge is -2.08. The molecule has 0 aliphatic carbocycles. The number of aryl methyl sites for hydroxylation is 1. The van der Waals surface area contributed by atoms with Gasteiger partial charge in [0.1, 0.15) is 0 Å². The molecule has 20 heavy (non-hydrogen) atoms. The molecule has 0 radical (unpaired) electrons. The van der Waals surface area contributed by atoms with Gasteiger partial charge in [-0.1, -0.05) is 12.1 Å². The Kier molecular flexibility index (Phi) is 4.20. The van der Waals surface area contributed by atoms with Gasteiger partial charge < -0.3 is 11.1 Å². The highest BCUT2D eigenvalue weighted by Crippen LogP contribution is 2.21. The third-order valence-corrected chi connectivity index (χ3v) is 3.12. The molecule has 5 heteroatoms. The van der Waals surface area contributed by atoms with E-state index in [4.69, 9.17) is 5.73 Å². The van der Waals surface area contributed by atoms with Gasteiger partial charge in [0.2, 0.25) is 0 Å². The SMILES string of the molecule is Cc1cc(NCCc2ccc(N)cc2)ccc1[N+](=O)[O-]. The summed E-state index contributed by atoms with van der Waals surface area (Å²) in [5.74, 6) is 0. The standard InChI is InChI=1S/C15H17N3O2/c1-11-10-14(6-7-15(11)18(19)20)17-9-8-12-2-4-13(16)5-3-12/h2-7,10,17H,8-9,16H2,1H3. The van der Waals surface area contributed by atoms with E-state index in [0.717, 1.165) is 24.3 Å². The molecular weight excluding hydrogens is 254 g/mol. The summed E-state index contributed by atoms with van der Waals surface area (Å²) >= 11 is 0. The van der Waals surface area contributed by atoms with Crippen LogP contribution in [0.2, 0.25) is 0 Å². The van der Waals surface area contributed by atoms with E-state index in [1.54, 1.807) is 19.1 Å². The fraction of sp³-hybridized carbons (Fsp3) is 0.200. The predicted octanol–water partition coefficient (Wildman–Crippen LogP) is 3.14. The molecule has 0 spiro atoms. The normalized spacial score (nSPS) is 10.2. The molecular formula is C15H17N3O2. The minimum absolute atomic E-state index is 0.147. The summed E-state index contributed by atoms with van der Waals surface area (Å²) in [7, 11) is 0. The summed E-state index contributed by atoms with van der Waals surface area (Å²) in [6.07, 6.45) is 0.871. The molecule has 3 N–H and O–H groups in total. The molecule has 0 aliphatic heterocycles. The van der Waals surface area contributed by atoms with Crippen LogP contribution in [0.5, 0.6) is 0 Å². The first-order chi connectivity index (χ1) is 9.56. The summed E-state index contributed by atoms with van der Waals surface area (Å²) in [5.41, 5.74) is 9.29. The molecule has 0 saturated carbocycles. The minimum atomic E-state index is -0.368. The van der Waals surface area contributed by atoms with Crippen LogP contribution in [0.3, 0.4) is 0 Å². The molecule has 2 aromatic carbocycles. The van der Waals surface area contributed by atoms with Crippen molar-refractivity contribution < 1.29 is 4.92 Å². The monoisotopic (exact) mass is 271 g/mol. The van der Waals surface area contributed by atoms with Crippen LogP contribution in [-0.2, 0) is 6.42 Å². The van der Waals surface area contributed by atoms with Gasteiger partial charge in [-0.05, 0) is 43.2 Å². The van der Waals surface area contributed by atoms with Crippen molar-refractivity contribution in [1.29, 1.82) is 0 Å². The lowest BCUT2D eigenvalue weighted by atomic mass is 10.1. The van der Waals surface area contributed by atoms with E-state index in [0.29, 0.717) is 5.56 Å². The van der Waals surface area contributed by atoms with Gasteiger partial charge in [-0.15, -0.1) is 0 Å². The maximum absolute atomic E-state index is 10.7. The lowest BCUT2D eigenvalue weighted by molar-refractivity contribution is -0.385. The fourth-order valence-electron chi connectivity index (χ4n) is 2.01. The summed E-state index contributed by atoms with van der Waals surface area (Å²) in [5, 5.41) is 14.0. The smallest absolute Gasteiger partial charge is 0.272 e. The third kappa shape index (κ3) is 3.47. The molecule has 0 aromatic heterocycles. The zero-order chi connectivity index (χ0) is 14.5. The molecule has 0 heterocycles. The van der Waals surface area contributed by atoms with Crippen molar-refractivity contribution in [3.63, 3.8) is 0 Å². The van der Waals surface area contributed by atoms with E-state index in [9.17, 15) is 10.1 Å². The van der Waals surface area contributed by atoms with Crippen LogP contribution in [-0.4, -0.2) is 11.5 Å². The first-order valence-electron chi connectivity index (χ1n) is 6.39. The van der Waals surface area contributed by atoms with E-state index in [-0.39, 0.29) is 10.6 Å². The van der Waals surface area contributed by atoms with Crippen molar-refractivity contribution in [2.75, 3.05) is 17.6 Å². The van der Waals surface area contributed by atoms with E-state index < -0.39 is 0 Å². The first-order valence-corrected chi connectivity index (χ1v) is 6.39. The van der Waals surface area contributed by atoms with Gasteiger partial charge in [0.25, 0.3) is 5.69 Å². The quantitative estimate of drug-likeness (QED) is 0.497. The number of anilines is 2. The van der Waals surface area contributed by atoms with Gasteiger partial charge in [0, 0.05) is 29.5 Å². The lowest BCUT2D eigenvalue weighted by Crippen LogP contribution is -2.05. The second kappa shape index (κ2) is 6.06. The van der Waals surface area contributed by atoms with Gasteiger partial charge in [0.05, 0.1) is 4.92 Å². The van der Waals surface area contributed by atoms with Crippen LogP contribution in [0, 0.1) is 17.0 Å². The number of rotatable bonds is 5. The molecule has 0 aliphatic rings. The highest BCUT2D eigenvalue weighted by molar-refractivity contribution is 5.53. The highest BCUT2D eigenvalue weighted by atomic mass is 16.6. The molecule has 2 aromatic rings. The number of hydrogen-bond acceptors (Lipinski definition) is 4. The van der Waals surface area contributed by atoms with Crippen LogP contribution in [0.1, 0.15) is 11.1 Å². The van der Waals surface area contributed by atoms with Gasteiger partial charge >= 0.3 is 0 Å². The molecule has 2 rings (SSSR count). The van der Waals surface area contributed by atoms with E-state index in [2.05, 4.69) is 5.32 Å². The Morgan fingerprint density at radius 2 is 1.90 bits per heavy atom. The summed E-state index contributed by atoms with van der Waals surface area (Å²) in [6.45, 7) is 2.50. The number of nitrogens with two attached hydrogens (primary N) is 1. The molecule has 0 amide bonds. The van der Waals surface area contributed by atoms with Crippen molar-refractivity contribution in [1.82, 2.24) is 0 Å². The second-order valence-corrected chi connectivity index (χ2v) is 4.68. The van der Waals surface area contributed by atoms with Crippen molar-refractivity contribution in [2.45, 2.75) is 13.3 Å². The van der Waals surface area contributed by atoms with E-state index in [1.165, 1.54) is 11.6 Å². The summed E-state index contributed by atoms with van der Waals surface area (Å²) in [6, 6.07) is 12.8. The Bertz CT molecular complexity index is 609. The Morgan fingerprint density at radius 1 is 1.20 bits per heavy atom. The molecule has 5 nitrogen and oxygen atoms in total. The summed E-state index contributed by atoms with van der Waals surface area (Å²) in [4.78, 5) is 10.4. The van der Waals surface area contributed by atoms with Crippen molar-refractivity contribution >= 4 is 17.1 Å². The Balaban J connectivity index is 1.92. The zero-order valence-electron chi connectivity index (χ0n) is 11.3. The van der Waals surface area contributed by atoms with Crippen molar-refractivity contribution in [3.05, 3.63) is 63.7 Å². The number of benzene rings is 2. The Labute approximate surface area is 117 Å². The van der Waals surface area contributed by atoms with Crippen LogP contribution in [0.4, 0.5) is 17.1 Å². The van der Waals surface area contributed by atoms with Crippen molar-refractivity contribution in [2.24, 2.45) is 0 Å². The number of nitrogens with zero attached hydrogens (tertiary/aromatic N) is 1. The van der Waals surface area contributed by atoms with Crippen molar-refractivity contribution in [3.8, 4) is 0 Å². The van der Waals surface area contributed by atoms with Crippen LogP contribution in [0.15, 0.2) is 42.5 Å². The third-order valence-electron chi connectivity index (χ3n) is 3.12. The molecule has 0 fully saturated rings. The van der Waals surface area contributed by atoms with Gasteiger partial charge in [0.15, 0.2) is 0 Å². The van der Waals surface area contributed by atoms with Crippen LogP contribution >= 0.6 is 0 Å². The average Bonchev–Trinajstić information content (AvgIpc) is 2.41. The van der Waals surface area contributed by atoms with Gasteiger partial charge in [-0.3, -0.25) is 10.1 Å². The largest absolute Gasteiger partial charge is 0.399 e. The van der Waals surface area contributed by atoms with Gasteiger partial charge in [-0.25, -0.2) is 0 Å². The molecule has 104 valence electrons. The maximum atomic E-state index is 10.7. The Hall–Kier alpha value is -2.56. The number of nitro benzene ring substituents is 1. The van der Waals surface area contributed by atoms with Crippen LogP contribution in [0.25, 0.3) is 0 Å². The minimum Gasteiger partial charge on any atom is -0.399 e. The van der Waals surface area contributed by atoms with E-state index in [1.807, 2.05) is 24.3 Å². The fourth-order valence-corrected chi connectivity index (χ4v) is 2.01. The highest BCUT2D eigenvalue weighted by Gasteiger charge is 2.09. The number of nitrogens with one attached hydrogen (secondary N) is 1. The predicted molar refractivity (Wildman–Crippen MR) is 80.9 cm³/mol. The van der Waals surface area contributed by atoms with Crippen LogP contribution < -0.4 is 11.1 Å². The summed E-state index contributed by atoms with van der Waals surface area (Å²) < 4.78 is 0. The molecule has 0 atom stereocenters. The number of nitrogen functional groups attached to an aromatic ring is 1. The number of nitro groups is 1. The van der Waals surface area contributed by atoms with E-state index >= 15 is 0 Å². The molecule has 0 bridgehead atoms.